The average molecular weight is 156 g/mol. The molecule has 14 N–H and O–H groups in total. The molecule has 0 unspecified atom stereocenters. The highest BCUT2D eigenvalue weighted by atomic mass is 16.0. The lowest BCUT2D eigenvalue weighted by Crippen LogP contribution is -0.856. The molecule has 0 saturated heterocycles. The van der Waals surface area contributed by atoms with Gasteiger partial charge in [0.25, 0.3) is 0 Å². The van der Waals surface area contributed by atoms with Gasteiger partial charge in [-0.15, -0.1) is 0 Å². The van der Waals surface area contributed by atoms with Gasteiger partial charge in [-0.05, 0) is 0 Å². The van der Waals surface area contributed by atoms with Crippen molar-refractivity contribution in [3.05, 3.63) is 0 Å². The fraction of sp³-hybridized carbons (Fsp3) is 1.00. The second-order valence-corrected chi connectivity index (χ2v) is 0. The van der Waals surface area contributed by atoms with Crippen LogP contribution in [0.3, 0.4) is 0 Å². The van der Waals surface area contributed by atoms with Crippen molar-refractivity contribution < 1.29 is 38.3 Å². The smallest absolute Gasteiger partial charge is 0.0683 e. The molecule has 0 rings (SSSR count). The molecule has 70 valence electrons. The molecule has 0 aromatic carbocycles. The van der Waals surface area contributed by atoms with Crippen molar-refractivity contribution in [2.75, 3.05) is 0 Å². The Labute approximate surface area is 53.5 Å². The molecule has 7 nitrogen and oxygen atoms in total. The van der Waals surface area contributed by atoms with E-state index in [0.717, 1.165) is 0 Å². The minimum Gasteiger partial charge on any atom is -0.412 e. The van der Waals surface area contributed by atoms with Crippen LogP contribution in [0.2, 0.25) is 0 Å². The molecule has 9 heavy (non-hydrogen) atoms. The summed E-state index contributed by atoms with van der Waals surface area (Å²) in [6.07, 6.45) is 0. The van der Waals surface area contributed by atoms with Crippen molar-refractivity contribution >= 4 is 0 Å². The Morgan fingerprint density at radius 3 is 0.333 bits per heavy atom. The Morgan fingerprint density at radius 1 is 0.333 bits per heavy atom. The summed E-state index contributed by atoms with van der Waals surface area (Å²) in [6.45, 7) is 4.00. The Bertz CT molecular complexity index is 6.88. The lowest BCUT2D eigenvalue weighted by molar-refractivity contribution is 0.823. The molecule has 0 saturated carbocycles. The molecule has 0 aromatic rings. The molecular formula is C2H20O7. The minimum atomic E-state index is 0. The van der Waals surface area contributed by atoms with E-state index in [1.165, 1.54) is 0 Å². The zero-order valence-electron chi connectivity index (χ0n) is 5.50. The maximum atomic E-state index is 2.00. The Kier molecular flexibility index (Phi) is 495000. The average Bonchev–Trinajstić information content (AvgIpc) is 1.00. The van der Waals surface area contributed by atoms with E-state index in [1.807, 2.05) is 13.8 Å². The third-order valence-corrected chi connectivity index (χ3v) is 0. The zero-order chi connectivity index (χ0) is 2.00. The normalized spacial score (nSPS) is 0.667. The van der Waals surface area contributed by atoms with Crippen LogP contribution in [0.15, 0.2) is 0 Å². The summed E-state index contributed by atoms with van der Waals surface area (Å²) in [5, 5.41) is 0. The molecule has 0 spiro atoms. The van der Waals surface area contributed by atoms with Crippen LogP contribution in [0.1, 0.15) is 13.8 Å². The van der Waals surface area contributed by atoms with Gasteiger partial charge in [-0.25, -0.2) is 0 Å². The quantitative estimate of drug-likeness (QED) is 0.322. The molecule has 0 fully saturated rings. The molecule has 0 atom stereocenters. The van der Waals surface area contributed by atoms with E-state index in [0.29, 0.717) is 0 Å². The standard InChI is InChI=1S/C2H6.7H2O/c1-2;;;;;;;/h1-2H3;7*1H2. The molecule has 0 aliphatic carbocycles. The highest BCUT2D eigenvalue weighted by molar-refractivity contribution is 3.50. The van der Waals surface area contributed by atoms with Crippen LogP contribution in [0, 0.1) is 0 Å². The largest absolute Gasteiger partial charge is 0.412 e. The zero-order valence-corrected chi connectivity index (χ0v) is 5.50. The first-order valence-corrected chi connectivity index (χ1v) is 1.00. The van der Waals surface area contributed by atoms with E-state index in [9.17, 15) is 0 Å². The van der Waals surface area contributed by atoms with Crippen molar-refractivity contribution in [2.24, 2.45) is 0 Å². The van der Waals surface area contributed by atoms with E-state index in [2.05, 4.69) is 0 Å². The summed E-state index contributed by atoms with van der Waals surface area (Å²) in [5.74, 6) is 0. The molecule has 0 heterocycles. The van der Waals surface area contributed by atoms with Crippen LogP contribution in [0.5, 0.6) is 0 Å². The van der Waals surface area contributed by atoms with Crippen LogP contribution in [-0.4, -0.2) is 38.3 Å². The predicted molar refractivity (Wildman–Crippen MR) is 36.6 cm³/mol. The first-order valence-electron chi connectivity index (χ1n) is 1.00. The summed E-state index contributed by atoms with van der Waals surface area (Å²) in [6, 6.07) is 0. The summed E-state index contributed by atoms with van der Waals surface area (Å²) < 4.78 is 0. The van der Waals surface area contributed by atoms with Gasteiger partial charge in [0.05, 0.1) is 0 Å². The SMILES string of the molecule is CC.O.O.O.O.O.O.O. The summed E-state index contributed by atoms with van der Waals surface area (Å²) in [5.41, 5.74) is 0. The molecule has 0 radical (unpaired) electrons. The van der Waals surface area contributed by atoms with Crippen molar-refractivity contribution in [3.63, 3.8) is 0 Å². The maximum absolute atomic E-state index is 2.00. The number of hydrogen-bond acceptors (Lipinski definition) is 0. The van der Waals surface area contributed by atoms with Gasteiger partial charge >= 0.3 is 0 Å². The van der Waals surface area contributed by atoms with Crippen molar-refractivity contribution in [2.45, 2.75) is 13.8 Å². The highest BCUT2D eigenvalue weighted by Gasteiger charge is 0.932. The molecule has 0 aromatic heterocycles. The molecule has 7 heteroatoms. The number of hydrogen-bond donors (Lipinski definition) is 0. The summed E-state index contributed by atoms with van der Waals surface area (Å²) in [4.78, 5) is 0. The molecule has 0 bridgehead atoms. The third kappa shape index (κ3) is 3220. The van der Waals surface area contributed by atoms with Gasteiger partial charge in [-0.1, -0.05) is 13.8 Å². The fourth-order valence-electron chi connectivity index (χ4n) is 0. The van der Waals surface area contributed by atoms with Gasteiger partial charge in [0.15, 0.2) is 0 Å². The topological polar surface area (TPSA) is 220 Å². The van der Waals surface area contributed by atoms with Crippen molar-refractivity contribution in [1.82, 2.24) is 0 Å². The molecule has 0 aliphatic rings. The fourth-order valence-corrected chi connectivity index (χ4v) is 0. The second-order valence-electron chi connectivity index (χ2n) is 0. The van der Waals surface area contributed by atoms with E-state index in [4.69, 9.17) is 0 Å². The second kappa shape index (κ2) is 4450. The lowest BCUT2D eigenvalue weighted by Gasteiger charge is -1.07. The van der Waals surface area contributed by atoms with E-state index in [1.54, 1.807) is 0 Å². The van der Waals surface area contributed by atoms with Gasteiger partial charge in [0.1, 0.15) is 0 Å². The lowest BCUT2D eigenvalue weighted by atomic mass is 11.0. The van der Waals surface area contributed by atoms with Crippen LogP contribution in [0.4, 0.5) is 0 Å². The molecular weight excluding hydrogens is 136 g/mol. The Morgan fingerprint density at radius 2 is 0.333 bits per heavy atom. The van der Waals surface area contributed by atoms with Gasteiger partial charge in [-0.3, -0.25) is 0 Å². The van der Waals surface area contributed by atoms with Gasteiger partial charge in [0.2, 0.25) is 0 Å². The predicted octanol–water partition coefficient (Wildman–Crippen LogP) is -4.75. The van der Waals surface area contributed by atoms with Crippen LogP contribution < -0.4 is 0 Å². The monoisotopic (exact) mass is 156 g/mol. The first kappa shape index (κ1) is 1000. The van der Waals surface area contributed by atoms with E-state index < -0.39 is 0 Å². The van der Waals surface area contributed by atoms with Crippen LogP contribution in [0.25, 0.3) is 0 Å². The maximum Gasteiger partial charge on any atom is -0.0683 e. The third-order valence-electron chi connectivity index (χ3n) is 0. The van der Waals surface area contributed by atoms with Crippen molar-refractivity contribution in [1.29, 1.82) is 0 Å². The van der Waals surface area contributed by atoms with Gasteiger partial charge < -0.3 is 38.3 Å². The van der Waals surface area contributed by atoms with E-state index in [-0.39, 0.29) is 38.3 Å². The molecule has 0 amide bonds. The van der Waals surface area contributed by atoms with Gasteiger partial charge in [0, 0.05) is 0 Å². The number of rotatable bonds is 0. The Balaban J connectivity index is -0.000000000238. The summed E-state index contributed by atoms with van der Waals surface area (Å²) in [7, 11) is 0. The summed E-state index contributed by atoms with van der Waals surface area (Å²) >= 11 is 0. The van der Waals surface area contributed by atoms with Gasteiger partial charge in [-0.2, -0.15) is 0 Å². The van der Waals surface area contributed by atoms with Crippen molar-refractivity contribution in [3.8, 4) is 0 Å². The molecule has 0 aliphatic heterocycles. The minimum absolute atomic E-state index is 0. The van der Waals surface area contributed by atoms with E-state index >= 15 is 0 Å². The highest BCUT2D eigenvalue weighted by Crippen LogP contribution is 1.14. The van der Waals surface area contributed by atoms with Crippen LogP contribution in [-0.2, 0) is 0 Å². The van der Waals surface area contributed by atoms with Crippen LogP contribution >= 0.6 is 0 Å². The Hall–Kier alpha value is -0.280. The first-order chi connectivity index (χ1) is 1.00.